The summed E-state index contributed by atoms with van der Waals surface area (Å²) in [7, 11) is -3.28. The molecule has 1 N–H and O–H groups in total. The SMILES string of the molecule is Cc1ccc(N2CCCS2(=O)=O)cc1NC(=O)c1ccc(F)cc1. The fourth-order valence-electron chi connectivity index (χ4n) is 2.63. The van der Waals surface area contributed by atoms with E-state index in [2.05, 4.69) is 5.32 Å². The van der Waals surface area contributed by atoms with Crippen LogP contribution >= 0.6 is 0 Å². The second-order valence-electron chi connectivity index (χ2n) is 5.70. The normalized spacial score (nSPS) is 16.2. The molecule has 0 spiro atoms. The Labute approximate surface area is 140 Å². The molecule has 2 aromatic carbocycles. The predicted molar refractivity (Wildman–Crippen MR) is 91.3 cm³/mol. The number of aryl methyl sites for hydroxylation is 1. The summed E-state index contributed by atoms with van der Waals surface area (Å²) in [5, 5.41) is 2.75. The zero-order chi connectivity index (χ0) is 17.3. The minimum Gasteiger partial charge on any atom is -0.322 e. The molecule has 0 saturated carbocycles. The number of halogens is 1. The fraction of sp³-hybridized carbons (Fsp3) is 0.235. The number of hydrogen-bond acceptors (Lipinski definition) is 3. The van der Waals surface area contributed by atoms with Crippen LogP contribution in [0.1, 0.15) is 22.3 Å². The molecule has 0 radical (unpaired) electrons. The molecule has 7 heteroatoms. The highest BCUT2D eigenvalue weighted by molar-refractivity contribution is 7.93. The second kappa shape index (κ2) is 6.24. The molecule has 0 aromatic heterocycles. The monoisotopic (exact) mass is 348 g/mol. The average Bonchev–Trinajstić information content (AvgIpc) is 2.89. The minimum atomic E-state index is -3.28. The molecule has 126 valence electrons. The Bertz CT molecular complexity index is 879. The number of nitrogens with zero attached hydrogens (tertiary/aromatic N) is 1. The fourth-order valence-corrected chi connectivity index (χ4v) is 4.18. The molecular formula is C17H17FN2O3S. The van der Waals surface area contributed by atoms with Crippen molar-refractivity contribution in [2.24, 2.45) is 0 Å². The number of amides is 1. The summed E-state index contributed by atoms with van der Waals surface area (Å²) in [6.07, 6.45) is 0.591. The van der Waals surface area contributed by atoms with E-state index in [1.807, 2.05) is 6.92 Å². The quantitative estimate of drug-likeness (QED) is 0.927. The van der Waals surface area contributed by atoms with Crippen LogP contribution in [0.3, 0.4) is 0 Å². The largest absolute Gasteiger partial charge is 0.322 e. The van der Waals surface area contributed by atoms with E-state index in [4.69, 9.17) is 0 Å². The zero-order valence-corrected chi connectivity index (χ0v) is 13.9. The summed E-state index contributed by atoms with van der Waals surface area (Å²) in [6.45, 7) is 2.26. The van der Waals surface area contributed by atoms with Crippen molar-refractivity contribution >= 4 is 27.3 Å². The lowest BCUT2D eigenvalue weighted by Gasteiger charge is -2.19. The van der Waals surface area contributed by atoms with E-state index < -0.39 is 15.8 Å². The van der Waals surface area contributed by atoms with E-state index in [1.54, 1.807) is 18.2 Å². The van der Waals surface area contributed by atoms with Gasteiger partial charge in [-0.1, -0.05) is 6.07 Å². The average molecular weight is 348 g/mol. The molecule has 5 nitrogen and oxygen atoms in total. The highest BCUT2D eigenvalue weighted by atomic mass is 32.2. The standard InChI is InChI=1S/C17H17FN2O3S/c1-12-3-8-15(20-9-2-10-24(20,22)23)11-16(12)19-17(21)13-4-6-14(18)7-5-13/h3-8,11H,2,9-10H2,1H3,(H,19,21). The molecule has 3 rings (SSSR count). The molecule has 1 aliphatic heterocycles. The van der Waals surface area contributed by atoms with Crippen LogP contribution in [0.25, 0.3) is 0 Å². The van der Waals surface area contributed by atoms with Gasteiger partial charge in [-0.2, -0.15) is 0 Å². The molecule has 0 bridgehead atoms. The Kier molecular flexibility index (Phi) is 4.28. The van der Waals surface area contributed by atoms with Crippen LogP contribution in [0.4, 0.5) is 15.8 Å². The van der Waals surface area contributed by atoms with Gasteiger partial charge >= 0.3 is 0 Å². The van der Waals surface area contributed by atoms with E-state index in [1.165, 1.54) is 28.6 Å². The van der Waals surface area contributed by atoms with Crippen molar-refractivity contribution in [3.8, 4) is 0 Å². The molecule has 0 aliphatic carbocycles. The summed E-state index contributed by atoms with van der Waals surface area (Å²) < 4.78 is 38.4. The first-order valence-corrected chi connectivity index (χ1v) is 9.16. The Morgan fingerprint density at radius 2 is 1.88 bits per heavy atom. The third-order valence-corrected chi connectivity index (χ3v) is 5.83. The second-order valence-corrected chi connectivity index (χ2v) is 7.71. The van der Waals surface area contributed by atoms with Crippen LogP contribution in [0.15, 0.2) is 42.5 Å². The van der Waals surface area contributed by atoms with Crippen molar-refractivity contribution in [3.05, 3.63) is 59.4 Å². The van der Waals surface area contributed by atoms with Crippen LogP contribution in [0.5, 0.6) is 0 Å². The van der Waals surface area contributed by atoms with E-state index in [0.717, 1.165) is 5.56 Å². The lowest BCUT2D eigenvalue weighted by atomic mass is 10.1. The first-order chi connectivity index (χ1) is 11.4. The van der Waals surface area contributed by atoms with Gasteiger partial charge in [0.1, 0.15) is 5.82 Å². The van der Waals surface area contributed by atoms with Gasteiger partial charge in [-0.3, -0.25) is 9.10 Å². The first-order valence-electron chi connectivity index (χ1n) is 7.55. The predicted octanol–water partition coefficient (Wildman–Crippen LogP) is 2.93. The van der Waals surface area contributed by atoms with Gasteiger partial charge in [0.25, 0.3) is 5.91 Å². The van der Waals surface area contributed by atoms with Crippen LogP contribution in [0, 0.1) is 12.7 Å². The van der Waals surface area contributed by atoms with Crippen molar-refractivity contribution in [1.29, 1.82) is 0 Å². The molecule has 1 fully saturated rings. The molecule has 1 aliphatic rings. The van der Waals surface area contributed by atoms with Gasteiger partial charge in [-0.05, 0) is 55.3 Å². The number of sulfonamides is 1. The van der Waals surface area contributed by atoms with Gasteiger partial charge < -0.3 is 5.32 Å². The summed E-state index contributed by atoms with van der Waals surface area (Å²) in [5.41, 5.74) is 2.21. The number of rotatable bonds is 3. The summed E-state index contributed by atoms with van der Waals surface area (Å²) in [6, 6.07) is 10.4. The Morgan fingerprint density at radius 3 is 2.50 bits per heavy atom. The molecule has 1 heterocycles. The third kappa shape index (κ3) is 3.26. The maximum absolute atomic E-state index is 12.9. The smallest absolute Gasteiger partial charge is 0.255 e. The third-order valence-electron chi connectivity index (χ3n) is 3.96. The number of benzene rings is 2. The summed E-state index contributed by atoms with van der Waals surface area (Å²) in [4.78, 5) is 12.3. The Hall–Kier alpha value is -2.41. The van der Waals surface area contributed by atoms with Crippen LogP contribution in [-0.4, -0.2) is 26.6 Å². The van der Waals surface area contributed by atoms with Crippen molar-refractivity contribution in [1.82, 2.24) is 0 Å². The van der Waals surface area contributed by atoms with Gasteiger partial charge in [0.2, 0.25) is 10.0 Å². The van der Waals surface area contributed by atoms with Crippen molar-refractivity contribution in [2.75, 3.05) is 21.9 Å². The van der Waals surface area contributed by atoms with Crippen LogP contribution < -0.4 is 9.62 Å². The molecule has 1 saturated heterocycles. The lowest BCUT2D eigenvalue weighted by Crippen LogP contribution is -2.25. The van der Waals surface area contributed by atoms with Gasteiger partial charge in [-0.15, -0.1) is 0 Å². The zero-order valence-electron chi connectivity index (χ0n) is 13.1. The number of hydrogen-bond donors (Lipinski definition) is 1. The van der Waals surface area contributed by atoms with Gasteiger partial charge in [-0.25, -0.2) is 12.8 Å². The highest BCUT2D eigenvalue weighted by Crippen LogP contribution is 2.28. The maximum atomic E-state index is 12.9. The topological polar surface area (TPSA) is 66.5 Å². The Morgan fingerprint density at radius 1 is 1.17 bits per heavy atom. The van der Waals surface area contributed by atoms with E-state index >= 15 is 0 Å². The van der Waals surface area contributed by atoms with E-state index in [9.17, 15) is 17.6 Å². The summed E-state index contributed by atoms with van der Waals surface area (Å²) >= 11 is 0. The molecular weight excluding hydrogens is 331 g/mol. The van der Waals surface area contributed by atoms with Crippen molar-refractivity contribution < 1.29 is 17.6 Å². The van der Waals surface area contributed by atoms with Gasteiger partial charge in [0, 0.05) is 17.8 Å². The molecule has 1 amide bonds. The summed E-state index contributed by atoms with van der Waals surface area (Å²) in [5.74, 6) is -0.651. The lowest BCUT2D eigenvalue weighted by molar-refractivity contribution is 0.102. The van der Waals surface area contributed by atoms with Gasteiger partial charge in [0.15, 0.2) is 0 Å². The van der Waals surface area contributed by atoms with Crippen molar-refractivity contribution in [3.63, 3.8) is 0 Å². The number of carbonyl (C=O) groups is 1. The minimum absolute atomic E-state index is 0.137. The number of nitrogens with one attached hydrogen (secondary N) is 1. The van der Waals surface area contributed by atoms with E-state index in [-0.39, 0.29) is 11.7 Å². The molecule has 0 atom stereocenters. The van der Waals surface area contributed by atoms with Gasteiger partial charge in [0.05, 0.1) is 11.4 Å². The van der Waals surface area contributed by atoms with E-state index in [0.29, 0.717) is 29.9 Å². The van der Waals surface area contributed by atoms with Crippen molar-refractivity contribution in [2.45, 2.75) is 13.3 Å². The van der Waals surface area contributed by atoms with Crippen LogP contribution in [0.2, 0.25) is 0 Å². The first kappa shape index (κ1) is 16.4. The maximum Gasteiger partial charge on any atom is 0.255 e. The van der Waals surface area contributed by atoms with Crippen LogP contribution in [-0.2, 0) is 10.0 Å². The molecule has 2 aromatic rings. The molecule has 0 unspecified atom stereocenters. The Balaban J connectivity index is 1.87. The highest BCUT2D eigenvalue weighted by Gasteiger charge is 2.28. The number of carbonyl (C=O) groups excluding carboxylic acids is 1. The molecule has 24 heavy (non-hydrogen) atoms. The number of anilines is 2.